The van der Waals surface area contributed by atoms with E-state index in [2.05, 4.69) is 0 Å². The Labute approximate surface area is 213 Å². The molecule has 2 aromatic carbocycles. The molecule has 1 aromatic heterocycles. The van der Waals surface area contributed by atoms with Gasteiger partial charge in [-0.05, 0) is 30.4 Å². The van der Waals surface area contributed by atoms with Gasteiger partial charge in [0.25, 0.3) is 0 Å². The molecule has 2 aliphatic rings. The van der Waals surface area contributed by atoms with E-state index in [1.165, 1.54) is 23.5 Å². The molecule has 1 amide bonds. The monoisotopic (exact) mass is 516 g/mol. The van der Waals surface area contributed by atoms with Crippen molar-refractivity contribution < 1.29 is 22.7 Å². The zero-order chi connectivity index (χ0) is 25.6. The molecule has 0 unspecified atom stereocenters. The molecular formula is C28H31F3N2O2S. The van der Waals surface area contributed by atoms with Gasteiger partial charge in [0.2, 0.25) is 5.91 Å². The van der Waals surface area contributed by atoms with E-state index in [1.807, 2.05) is 49.9 Å². The number of likely N-dealkylation sites (tertiary alicyclic amines) is 1. The highest BCUT2D eigenvalue weighted by Crippen LogP contribution is 2.47. The minimum Gasteiger partial charge on any atom is -0.492 e. The summed E-state index contributed by atoms with van der Waals surface area (Å²) in [4.78, 5) is 17.8. The van der Waals surface area contributed by atoms with E-state index >= 15 is 8.78 Å². The molecule has 0 N–H and O–H groups in total. The lowest BCUT2D eigenvalue weighted by Crippen LogP contribution is -2.49. The summed E-state index contributed by atoms with van der Waals surface area (Å²) in [6.07, 6.45) is 0.637. The smallest absolute Gasteiger partial charge is 0.226 e. The number of ether oxygens (including phenoxy) is 1. The summed E-state index contributed by atoms with van der Waals surface area (Å²) in [5.41, 5.74) is 0.936. The Bertz CT molecular complexity index is 1250. The van der Waals surface area contributed by atoms with Crippen molar-refractivity contribution in [1.82, 2.24) is 9.80 Å². The fraction of sp³-hybridized carbons (Fsp3) is 0.464. The maximum Gasteiger partial charge on any atom is 0.226 e. The highest BCUT2D eigenvalue weighted by molar-refractivity contribution is 7.19. The lowest BCUT2D eigenvalue weighted by Gasteiger charge is -2.42. The van der Waals surface area contributed by atoms with E-state index in [4.69, 9.17) is 4.74 Å². The third-order valence-electron chi connectivity index (χ3n) is 7.23. The van der Waals surface area contributed by atoms with Crippen LogP contribution in [0.15, 0.2) is 36.4 Å². The number of hydrogen-bond donors (Lipinski definition) is 0. The Morgan fingerprint density at radius 1 is 1.17 bits per heavy atom. The van der Waals surface area contributed by atoms with Crippen LogP contribution < -0.4 is 4.74 Å². The van der Waals surface area contributed by atoms with Crippen molar-refractivity contribution >= 4 is 27.3 Å². The lowest BCUT2D eigenvalue weighted by atomic mass is 9.88. The second-order valence-electron chi connectivity index (χ2n) is 10.2. The number of rotatable bonds is 7. The summed E-state index contributed by atoms with van der Waals surface area (Å²) in [5.74, 6) is -1.70. The summed E-state index contributed by atoms with van der Waals surface area (Å²) in [5, 5.41) is 1.08. The molecule has 1 fully saturated rings. The molecule has 0 aliphatic carbocycles. The normalized spacial score (nSPS) is 20.6. The van der Waals surface area contributed by atoms with E-state index < -0.39 is 17.7 Å². The predicted octanol–water partition coefficient (Wildman–Crippen LogP) is 5.98. The van der Waals surface area contributed by atoms with E-state index in [0.717, 1.165) is 20.5 Å². The van der Waals surface area contributed by atoms with Gasteiger partial charge in [-0.15, -0.1) is 11.3 Å². The average molecular weight is 517 g/mol. The largest absolute Gasteiger partial charge is 0.492 e. The van der Waals surface area contributed by atoms with Gasteiger partial charge in [0.1, 0.15) is 24.0 Å². The number of amides is 1. The van der Waals surface area contributed by atoms with Crippen LogP contribution in [-0.4, -0.2) is 54.7 Å². The summed E-state index contributed by atoms with van der Waals surface area (Å²) in [7, 11) is 0. The van der Waals surface area contributed by atoms with Crippen LogP contribution >= 0.6 is 11.3 Å². The van der Waals surface area contributed by atoms with Crippen LogP contribution in [0.3, 0.4) is 0 Å². The maximum atomic E-state index is 15.7. The number of hydrogen-bond acceptors (Lipinski definition) is 4. The molecule has 4 nitrogen and oxygen atoms in total. The van der Waals surface area contributed by atoms with Crippen molar-refractivity contribution in [2.45, 2.75) is 39.3 Å². The Morgan fingerprint density at radius 2 is 1.86 bits per heavy atom. The van der Waals surface area contributed by atoms with Crippen molar-refractivity contribution in [2.75, 3.05) is 32.9 Å². The molecule has 0 saturated carbocycles. The molecule has 0 bridgehead atoms. The van der Waals surface area contributed by atoms with Gasteiger partial charge in [-0.2, -0.15) is 0 Å². The first kappa shape index (κ1) is 25.1. The van der Waals surface area contributed by atoms with Gasteiger partial charge in [0.05, 0.1) is 18.3 Å². The molecule has 2 atom stereocenters. The van der Waals surface area contributed by atoms with Gasteiger partial charge in [0.15, 0.2) is 0 Å². The van der Waals surface area contributed by atoms with Crippen molar-refractivity contribution in [2.24, 2.45) is 11.8 Å². The first-order valence-electron chi connectivity index (χ1n) is 12.5. The quantitative estimate of drug-likeness (QED) is 0.388. The molecule has 0 spiro atoms. The van der Waals surface area contributed by atoms with E-state index in [1.54, 1.807) is 4.90 Å². The fourth-order valence-electron chi connectivity index (χ4n) is 5.39. The lowest BCUT2D eigenvalue weighted by molar-refractivity contribution is -0.139. The first-order chi connectivity index (χ1) is 17.3. The molecule has 5 rings (SSSR count). The highest BCUT2D eigenvalue weighted by atomic mass is 32.1. The van der Waals surface area contributed by atoms with Gasteiger partial charge in [-0.25, -0.2) is 8.78 Å². The Balaban J connectivity index is 1.49. The number of alkyl halides is 1. The molecule has 192 valence electrons. The van der Waals surface area contributed by atoms with Crippen LogP contribution in [-0.2, 0) is 11.2 Å². The number of nitrogens with zero attached hydrogens (tertiary/aromatic N) is 2. The van der Waals surface area contributed by atoms with Gasteiger partial charge in [-0.3, -0.25) is 14.1 Å². The van der Waals surface area contributed by atoms with Crippen molar-refractivity contribution in [1.29, 1.82) is 0 Å². The molecule has 3 aromatic rings. The van der Waals surface area contributed by atoms with Crippen LogP contribution in [0.4, 0.5) is 13.2 Å². The van der Waals surface area contributed by atoms with Crippen molar-refractivity contribution in [3.8, 4) is 5.75 Å². The third kappa shape index (κ3) is 4.50. The molecular weight excluding hydrogens is 485 g/mol. The molecule has 0 radical (unpaired) electrons. The second kappa shape index (κ2) is 10.1. The Hall–Kier alpha value is -2.58. The first-order valence-corrected chi connectivity index (χ1v) is 13.3. The van der Waals surface area contributed by atoms with Crippen LogP contribution in [0.5, 0.6) is 5.75 Å². The molecule has 1 saturated heterocycles. The molecule has 36 heavy (non-hydrogen) atoms. The summed E-state index contributed by atoms with van der Waals surface area (Å²) in [6, 6.07) is 9.32. The third-order valence-corrected chi connectivity index (χ3v) is 8.50. The topological polar surface area (TPSA) is 32.8 Å². The van der Waals surface area contributed by atoms with Crippen molar-refractivity contribution in [3.63, 3.8) is 0 Å². The van der Waals surface area contributed by atoms with Gasteiger partial charge in [-0.1, -0.05) is 32.0 Å². The van der Waals surface area contributed by atoms with Crippen LogP contribution in [0, 0.1) is 23.5 Å². The number of benzene rings is 2. The number of halogens is 3. The number of carbonyl (C=O) groups excluding carboxylic acids is 1. The summed E-state index contributed by atoms with van der Waals surface area (Å²) >= 11 is 1.50. The predicted molar refractivity (Wildman–Crippen MR) is 136 cm³/mol. The molecule has 3 heterocycles. The minimum atomic E-state index is -0.844. The zero-order valence-corrected chi connectivity index (χ0v) is 21.6. The number of fused-ring (bicyclic) bond motifs is 3. The van der Waals surface area contributed by atoms with E-state index in [-0.39, 0.29) is 48.4 Å². The van der Waals surface area contributed by atoms with Crippen LogP contribution in [0.1, 0.15) is 42.8 Å². The molecule has 2 aliphatic heterocycles. The number of carbonyl (C=O) groups is 1. The summed E-state index contributed by atoms with van der Waals surface area (Å²) < 4.78 is 50.6. The fourth-order valence-corrected chi connectivity index (χ4v) is 6.74. The van der Waals surface area contributed by atoms with E-state index in [9.17, 15) is 9.18 Å². The standard InChI is InChI=1S/C28H31F3N2O2S/c1-16(2)28(34)33-17(3)10-21-20-6-4-5-7-24(20)36-27(21)26(33)25-22(30)11-19(12-23(25)31)35-9-8-32-14-18(13-29)15-32/h4-7,11-12,16-18,26H,8-10,13-15H2,1-3H3/t17-,26-/m1/s1. The van der Waals surface area contributed by atoms with Crippen LogP contribution in [0.2, 0.25) is 0 Å². The Kier molecular flexibility index (Phi) is 7.01. The van der Waals surface area contributed by atoms with E-state index in [0.29, 0.717) is 26.1 Å². The van der Waals surface area contributed by atoms with Crippen molar-refractivity contribution in [3.05, 3.63) is 64.0 Å². The molecule has 8 heteroatoms. The number of thiophene rings is 1. The average Bonchev–Trinajstić information content (AvgIpc) is 3.18. The highest BCUT2D eigenvalue weighted by Gasteiger charge is 2.41. The maximum absolute atomic E-state index is 15.7. The van der Waals surface area contributed by atoms with Gasteiger partial charge < -0.3 is 9.64 Å². The zero-order valence-electron chi connectivity index (χ0n) is 20.8. The van der Waals surface area contributed by atoms with Gasteiger partial charge in [0, 0.05) is 59.2 Å². The summed E-state index contributed by atoms with van der Waals surface area (Å²) in [6.45, 7) is 7.43. The van der Waals surface area contributed by atoms with Gasteiger partial charge >= 0.3 is 0 Å². The second-order valence-corrected chi connectivity index (χ2v) is 11.3. The Morgan fingerprint density at radius 3 is 2.53 bits per heavy atom. The SMILES string of the molecule is CC(C)C(=O)N1[C@H](c2c(F)cc(OCCN3CC(CF)C3)cc2F)c2sc3ccccc3c2C[C@H]1C. The van der Waals surface area contributed by atoms with Crippen LogP contribution in [0.25, 0.3) is 10.1 Å². The minimum absolute atomic E-state index is 0.0762.